The van der Waals surface area contributed by atoms with Crippen LogP contribution in [0.3, 0.4) is 0 Å². The van der Waals surface area contributed by atoms with Crippen molar-refractivity contribution in [1.82, 2.24) is 14.5 Å². The summed E-state index contributed by atoms with van der Waals surface area (Å²) in [7, 11) is 1.68. The highest BCUT2D eigenvalue weighted by Crippen LogP contribution is 2.30. The highest BCUT2D eigenvalue weighted by Gasteiger charge is 2.27. The topological polar surface area (TPSA) is 47.4 Å². The number of thiazole rings is 1. The van der Waals surface area contributed by atoms with Gasteiger partial charge in [0.05, 0.1) is 12.8 Å². The van der Waals surface area contributed by atoms with Crippen molar-refractivity contribution in [1.29, 1.82) is 0 Å². The number of ether oxygens (including phenoxy) is 1. The largest absolute Gasteiger partial charge is 0.497 e. The summed E-state index contributed by atoms with van der Waals surface area (Å²) < 4.78 is 7.23. The Morgan fingerprint density at radius 1 is 1.18 bits per heavy atom. The molecule has 1 atom stereocenters. The first-order chi connectivity index (χ1) is 13.7. The number of amides is 1. The number of hydrogen-bond acceptors (Lipinski definition) is 4. The lowest BCUT2D eigenvalue weighted by Gasteiger charge is -2.24. The summed E-state index contributed by atoms with van der Waals surface area (Å²) in [5.41, 5.74) is 2.08. The fourth-order valence-corrected chi connectivity index (χ4v) is 4.77. The number of carbonyl (C=O) groups excluding carboxylic acids is 1. The van der Waals surface area contributed by atoms with Crippen molar-refractivity contribution in [2.75, 3.05) is 20.2 Å². The van der Waals surface area contributed by atoms with Crippen LogP contribution in [0, 0.1) is 6.92 Å². The van der Waals surface area contributed by atoms with Crippen LogP contribution in [0.15, 0.2) is 48.8 Å². The quantitative estimate of drug-likeness (QED) is 0.645. The Labute approximate surface area is 169 Å². The van der Waals surface area contributed by atoms with E-state index in [9.17, 15) is 4.79 Å². The van der Waals surface area contributed by atoms with Crippen LogP contribution in [-0.4, -0.2) is 40.6 Å². The Bertz CT molecular complexity index is 931. The number of benzene rings is 1. The second-order valence-electron chi connectivity index (χ2n) is 7.22. The average Bonchev–Trinajstić information content (AvgIpc) is 3.31. The minimum atomic E-state index is 0.105. The second-order valence-corrected chi connectivity index (χ2v) is 8.20. The molecule has 0 radical (unpaired) electrons. The number of hydrogen-bond donors (Lipinski definition) is 0. The lowest BCUT2D eigenvalue weighted by atomic mass is 9.94. The van der Waals surface area contributed by atoms with E-state index in [0.29, 0.717) is 5.92 Å². The molecule has 28 heavy (non-hydrogen) atoms. The lowest BCUT2D eigenvalue weighted by Crippen LogP contribution is -2.34. The number of carbonyl (C=O) groups is 1. The Morgan fingerprint density at radius 2 is 1.93 bits per heavy atom. The summed E-state index contributed by atoms with van der Waals surface area (Å²) in [4.78, 5) is 20.7. The van der Waals surface area contributed by atoms with Crippen molar-refractivity contribution in [2.24, 2.45) is 0 Å². The summed E-state index contributed by atoms with van der Waals surface area (Å²) in [6.07, 6.45) is 7.19. The molecule has 4 rings (SSSR count). The van der Waals surface area contributed by atoms with E-state index < -0.39 is 0 Å². The zero-order chi connectivity index (χ0) is 19.5. The van der Waals surface area contributed by atoms with Gasteiger partial charge in [0.2, 0.25) is 0 Å². The lowest BCUT2D eigenvalue weighted by molar-refractivity contribution is 0.0758. The number of likely N-dealkylation sites (tertiary alicyclic amines) is 1. The zero-order valence-electron chi connectivity index (χ0n) is 16.3. The number of aryl methyl sites for hydroxylation is 1. The first-order valence-electron chi connectivity index (χ1n) is 9.69. The summed E-state index contributed by atoms with van der Waals surface area (Å²) in [6, 6.07) is 12.2. The van der Waals surface area contributed by atoms with Gasteiger partial charge in [0, 0.05) is 31.4 Å². The van der Waals surface area contributed by atoms with E-state index >= 15 is 0 Å². The molecule has 0 aliphatic carbocycles. The number of aromatic nitrogens is 2. The summed E-state index contributed by atoms with van der Waals surface area (Å²) in [5.74, 6) is 1.33. The van der Waals surface area contributed by atoms with Crippen molar-refractivity contribution in [2.45, 2.75) is 32.1 Å². The van der Waals surface area contributed by atoms with Gasteiger partial charge in [-0.3, -0.25) is 4.79 Å². The smallest absolute Gasteiger partial charge is 0.265 e. The van der Waals surface area contributed by atoms with Gasteiger partial charge in [-0.1, -0.05) is 29.9 Å². The van der Waals surface area contributed by atoms with E-state index in [0.717, 1.165) is 53.8 Å². The number of methoxy groups -OCH3 is 1. The molecule has 146 valence electrons. The molecule has 1 aliphatic heterocycles. The van der Waals surface area contributed by atoms with Crippen molar-refractivity contribution in [3.05, 3.63) is 64.9 Å². The molecule has 0 bridgehead atoms. The average molecular weight is 396 g/mol. The molecule has 6 heteroatoms. The fourth-order valence-electron chi connectivity index (χ4n) is 3.77. The monoisotopic (exact) mass is 395 g/mol. The molecular formula is C22H25N3O2S. The van der Waals surface area contributed by atoms with Crippen molar-refractivity contribution in [3.63, 3.8) is 0 Å². The molecule has 1 aliphatic rings. The van der Waals surface area contributed by atoms with Crippen molar-refractivity contribution < 1.29 is 9.53 Å². The fraction of sp³-hybridized carbons (Fsp3) is 0.364. The van der Waals surface area contributed by atoms with Gasteiger partial charge in [-0.25, -0.2) is 4.98 Å². The molecule has 5 nitrogen and oxygen atoms in total. The summed E-state index contributed by atoms with van der Waals surface area (Å²) >= 11 is 1.47. The zero-order valence-corrected chi connectivity index (χ0v) is 17.1. The molecular weight excluding hydrogens is 370 g/mol. The Hall–Kier alpha value is -2.60. The molecule has 1 amide bonds. The normalized spacial score (nSPS) is 17.4. The predicted molar refractivity (Wildman–Crippen MR) is 112 cm³/mol. The molecule has 0 unspecified atom stereocenters. The second kappa shape index (κ2) is 8.19. The van der Waals surface area contributed by atoms with Crippen LogP contribution in [0.2, 0.25) is 0 Å². The summed E-state index contributed by atoms with van der Waals surface area (Å²) in [5, 5.41) is 0.840. The molecule has 1 fully saturated rings. The number of nitrogens with zero attached hydrogens (tertiary/aromatic N) is 3. The van der Waals surface area contributed by atoms with Crippen LogP contribution in [0.1, 0.15) is 46.1 Å². The van der Waals surface area contributed by atoms with Crippen LogP contribution in [0.5, 0.6) is 5.75 Å². The third kappa shape index (κ3) is 3.83. The SMILES string of the molecule is COc1ccc([C@H]2CCCCN(C(=O)c3sc(-n4cccc4)nc3C)C2)cc1. The van der Waals surface area contributed by atoms with Gasteiger partial charge in [0.15, 0.2) is 5.13 Å². The molecule has 0 spiro atoms. The van der Waals surface area contributed by atoms with Gasteiger partial charge in [-0.2, -0.15) is 0 Å². The molecule has 0 saturated carbocycles. The van der Waals surface area contributed by atoms with Gasteiger partial charge in [-0.05, 0) is 49.6 Å². The first kappa shape index (κ1) is 18.7. The number of rotatable bonds is 4. The molecule has 3 aromatic rings. The van der Waals surface area contributed by atoms with Gasteiger partial charge in [0.25, 0.3) is 5.91 Å². The van der Waals surface area contributed by atoms with E-state index in [4.69, 9.17) is 4.74 Å². The van der Waals surface area contributed by atoms with Crippen LogP contribution in [-0.2, 0) is 0 Å². The van der Waals surface area contributed by atoms with E-state index in [2.05, 4.69) is 17.1 Å². The minimum Gasteiger partial charge on any atom is -0.497 e. The maximum Gasteiger partial charge on any atom is 0.265 e. The van der Waals surface area contributed by atoms with Crippen molar-refractivity contribution in [3.8, 4) is 10.9 Å². The Kier molecular flexibility index (Phi) is 5.48. The van der Waals surface area contributed by atoms with Crippen LogP contribution >= 0.6 is 11.3 Å². The summed E-state index contributed by atoms with van der Waals surface area (Å²) in [6.45, 7) is 3.48. The van der Waals surface area contributed by atoms with Crippen LogP contribution in [0.4, 0.5) is 0 Å². The third-order valence-electron chi connectivity index (χ3n) is 5.35. The van der Waals surface area contributed by atoms with Gasteiger partial charge in [-0.15, -0.1) is 0 Å². The van der Waals surface area contributed by atoms with Gasteiger partial charge >= 0.3 is 0 Å². The van der Waals surface area contributed by atoms with E-state index in [1.165, 1.54) is 16.9 Å². The maximum absolute atomic E-state index is 13.3. The first-order valence-corrected chi connectivity index (χ1v) is 10.5. The minimum absolute atomic E-state index is 0.105. The Balaban J connectivity index is 1.54. The van der Waals surface area contributed by atoms with E-state index in [-0.39, 0.29) is 5.91 Å². The highest BCUT2D eigenvalue weighted by atomic mass is 32.1. The van der Waals surface area contributed by atoms with Gasteiger partial charge in [0.1, 0.15) is 10.6 Å². The molecule has 2 aromatic heterocycles. The van der Waals surface area contributed by atoms with Crippen LogP contribution < -0.4 is 4.74 Å². The van der Waals surface area contributed by atoms with Crippen molar-refractivity contribution >= 4 is 17.2 Å². The molecule has 3 heterocycles. The highest BCUT2D eigenvalue weighted by molar-refractivity contribution is 7.16. The molecule has 1 aromatic carbocycles. The van der Waals surface area contributed by atoms with E-state index in [1.807, 2.05) is 53.0 Å². The van der Waals surface area contributed by atoms with Crippen LogP contribution in [0.25, 0.3) is 5.13 Å². The maximum atomic E-state index is 13.3. The predicted octanol–water partition coefficient (Wildman–Crippen LogP) is 4.66. The van der Waals surface area contributed by atoms with E-state index in [1.54, 1.807) is 7.11 Å². The Morgan fingerprint density at radius 3 is 2.64 bits per heavy atom. The van der Waals surface area contributed by atoms with Gasteiger partial charge < -0.3 is 14.2 Å². The molecule has 1 saturated heterocycles. The molecule has 0 N–H and O–H groups in total. The third-order valence-corrected chi connectivity index (χ3v) is 6.51. The standard InChI is InChI=1S/C22H25N3O2S/c1-16-20(28-22(23-16)24-12-5-6-13-24)21(26)25-14-4-3-7-18(15-25)17-8-10-19(27-2)11-9-17/h5-6,8-13,18H,3-4,7,14-15H2,1-2H3/t18-/m0/s1.